The van der Waals surface area contributed by atoms with Gasteiger partial charge in [0.05, 0.1) is 35.0 Å². The van der Waals surface area contributed by atoms with Crippen LogP contribution in [0.1, 0.15) is 40.9 Å². The fourth-order valence-corrected chi connectivity index (χ4v) is 5.07. The van der Waals surface area contributed by atoms with Gasteiger partial charge in [0.1, 0.15) is 6.10 Å². The predicted molar refractivity (Wildman–Crippen MR) is 159 cm³/mol. The van der Waals surface area contributed by atoms with Crippen LogP contribution < -0.4 is 15.4 Å². The van der Waals surface area contributed by atoms with Gasteiger partial charge in [-0.2, -0.15) is 26.3 Å². The lowest BCUT2D eigenvalue weighted by atomic mass is 9.98. The predicted octanol–water partition coefficient (Wildman–Crippen LogP) is 6.72. The zero-order valence-corrected chi connectivity index (χ0v) is 25.2. The number of fused-ring (bicyclic) bond motifs is 1. The molecular weight excluding hydrogens is 618 g/mol. The number of para-hydroxylation sites is 1. The second-order valence-corrected chi connectivity index (χ2v) is 11.4. The van der Waals surface area contributed by atoms with Crippen molar-refractivity contribution in [3.8, 4) is 5.75 Å². The second-order valence-electron chi connectivity index (χ2n) is 11.4. The Bertz CT molecular complexity index is 1510. The van der Waals surface area contributed by atoms with E-state index in [4.69, 9.17) is 4.74 Å². The average molecular weight is 653 g/mol. The molecule has 1 heterocycles. The van der Waals surface area contributed by atoms with Gasteiger partial charge in [-0.25, -0.2) is 4.79 Å². The fraction of sp³-hybridized carbons (Fsp3) is 0.375. The molecule has 14 heteroatoms. The van der Waals surface area contributed by atoms with Crippen LogP contribution in [0.5, 0.6) is 5.75 Å². The van der Waals surface area contributed by atoms with Crippen LogP contribution in [0.15, 0.2) is 66.7 Å². The molecule has 3 aromatic rings. The summed E-state index contributed by atoms with van der Waals surface area (Å²) in [7, 11) is 1.77. The smallest absolute Gasteiger partial charge is 0.416 e. The zero-order chi connectivity index (χ0) is 33.8. The Morgan fingerprint density at radius 3 is 2.13 bits per heavy atom. The molecule has 3 N–H and O–H groups in total. The summed E-state index contributed by atoms with van der Waals surface area (Å²) in [5, 5.41) is 15.0. The van der Waals surface area contributed by atoms with E-state index in [0.29, 0.717) is 12.1 Å². The molecule has 0 bridgehead atoms. The van der Waals surface area contributed by atoms with Crippen LogP contribution in [0.25, 0.3) is 0 Å². The number of hydrogen-bond acceptors (Lipinski definition) is 5. The lowest BCUT2D eigenvalue weighted by Gasteiger charge is -2.38. The Balaban J connectivity index is 1.58. The minimum Gasteiger partial charge on any atom is -0.486 e. The van der Waals surface area contributed by atoms with Crippen LogP contribution in [0.2, 0.25) is 0 Å². The molecule has 0 spiro atoms. The number of aliphatic hydroxyl groups is 1. The molecule has 0 aromatic heterocycles. The number of anilines is 2. The fourth-order valence-electron chi connectivity index (χ4n) is 5.07. The topological polar surface area (TPSA) is 94.1 Å². The first-order valence-electron chi connectivity index (χ1n) is 14.4. The first-order valence-corrected chi connectivity index (χ1v) is 14.4. The van der Waals surface area contributed by atoms with Crippen LogP contribution in [-0.2, 0) is 18.9 Å². The number of benzene rings is 3. The van der Waals surface area contributed by atoms with Gasteiger partial charge < -0.3 is 25.4 Å². The van der Waals surface area contributed by atoms with Crippen LogP contribution >= 0.6 is 0 Å². The third-order valence-corrected chi connectivity index (χ3v) is 7.63. The van der Waals surface area contributed by atoms with Gasteiger partial charge in [-0.1, -0.05) is 25.1 Å². The maximum atomic E-state index is 13.7. The highest BCUT2D eigenvalue weighted by atomic mass is 19.4. The summed E-state index contributed by atoms with van der Waals surface area (Å²) in [4.78, 5) is 30.0. The van der Waals surface area contributed by atoms with E-state index in [9.17, 15) is 41.0 Å². The summed E-state index contributed by atoms with van der Waals surface area (Å²) in [6.45, 7) is 4.05. The monoisotopic (exact) mass is 652 g/mol. The van der Waals surface area contributed by atoms with Gasteiger partial charge in [0.2, 0.25) is 0 Å². The minimum atomic E-state index is -4.54. The molecule has 3 aromatic carbocycles. The molecule has 0 saturated carbocycles. The van der Waals surface area contributed by atoms with E-state index in [1.165, 1.54) is 35.2 Å². The Labute approximate surface area is 261 Å². The molecule has 8 nitrogen and oxygen atoms in total. The normalized spacial score (nSPS) is 17.9. The number of urea groups is 1. The molecule has 1 aliphatic rings. The summed E-state index contributed by atoms with van der Waals surface area (Å²) in [6.07, 6.45) is -9.57. The van der Waals surface area contributed by atoms with Gasteiger partial charge in [0, 0.05) is 31.2 Å². The molecular formula is C32H34F6N4O4. The largest absolute Gasteiger partial charge is 0.486 e. The summed E-state index contributed by atoms with van der Waals surface area (Å²) in [5.74, 6) is -0.674. The molecule has 0 unspecified atom stereocenters. The molecule has 46 heavy (non-hydrogen) atoms. The lowest BCUT2D eigenvalue weighted by molar-refractivity contribution is -0.138. The van der Waals surface area contributed by atoms with Crippen molar-refractivity contribution >= 4 is 23.3 Å². The van der Waals surface area contributed by atoms with Crippen molar-refractivity contribution in [2.75, 3.05) is 37.4 Å². The van der Waals surface area contributed by atoms with Crippen molar-refractivity contribution in [2.24, 2.45) is 5.92 Å². The van der Waals surface area contributed by atoms with Crippen LogP contribution in [-0.4, -0.2) is 65.7 Å². The van der Waals surface area contributed by atoms with Crippen molar-refractivity contribution in [3.63, 3.8) is 0 Å². The van der Waals surface area contributed by atoms with Crippen LogP contribution in [0.3, 0.4) is 0 Å². The molecule has 3 atom stereocenters. The average Bonchev–Trinajstić information content (AvgIpc) is 2.98. The van der Waals surface area contributed by atoms with Crippen LogP contribution in [0.4, 0.5) is 42.5 Å². The van der Waals surface area contributed by atoms with E-state index < -0.39 is 47.6 Å². The lowest BCUT2D eigenvalue weighted by Crippen LogP contribution is -2.49. The van der Waals surface area contributed by atoms with Crippen LogP contribution in [0, 0.1) is 5.92 Å². The van der Waals surface area contributed by atoms with E-state index in [-0.39, 0.29) is 48.3 Å². The highest BCUT2D eigenvalue weighted by molar-refractivity contribution is 6.04. The third-order valence-electron chi connectivity index (χ3n) is 7.63. The van der Waals surface area contributed by atoms with E-state index in [2.05, 4.69) is 10.6 Å². The number of hydrogen-bond donors (Lipinski definition) is 3. The van der Waals surface area contributed by atoms with Crippen molar-refractivity contribution in [1.29, 1.82) is 0 Å². The number of ether oxygens (including phenoxy) is 1. The number of carbonyl (C=O) groups excluding carboxylic acids is 2. The summed E-state index contributed by atoms with van der Waals surface area (Å²) in [6, 6.07) is 11.9. The highest BCUT2D eigenvalue weighted by Crippen LogP contribution is 2.36. The minimum absolute atomic E-state index is 0.0599. The van der Waals surface area contributed by atoms with E-state index in [1.54, 1.807) is 14.0 Å². The first kappa shape index (κ1) is 34.6. The van der Waals surface area contributed by atoms with Gasteiger partial charge in [-0.15, -0.1) is 0 Å². The Morgan fingerprint density at radius 2 is 1.57 bits per heavy atom. The van der Waals surface area contributed by atoms with Crippen molar-refractivity contribution in [3.05, 3.63) is 89.0 Å². The molecule has 0 fully saturated rings. The molecule has 4 rings (SSSR count). The van der Waals surface area contributed by atoms with Gasteiger partial charge >= 0.3 is 18.4 Å². The van der Waals surface area contributed by atoms with Gasteiger partial charge in [0.15, 0.2) is 5.75 Å². The molecule has 0 aliphatic carbocycles. The quantitative estimate of drug-likeness (QED) is 0.235. The number of rotatable bonds is 8. The number of nitrogens with one attached hydrogen (secondary N) is 2. The van der Waals surface area contributed by atoms with Gasteiger partial charge in [-0.05, 0) is 68.1 Å². The second kappa shape index (κ2) is 14.0. The maximum Gasteiger partial charge on any atom is 0.416 e. The number of halogens is 6. The SMILES string of the molecule is C[C@H](CO)N1C[C@H](C)[C@@H](CN(C)Cc2ccc(C(F)(F)F)cc2)Oc2c(NC(=O)Nc3ccc(C(F)(F)F)cc3)cccc2C1=O. The van der Waals surface area contributed by atoms with Crippen molar-refractivity contribution in [2.45, 2.75) is 44.9 Å². The standard InChI is InChI=1S/C32H34F6N4O4/c1-19-15-42(20(2)18-43)29(44)25-5-4-6-26(40-30(45)39-24-13-11-23(12-14-24)32(36,37)38)28(25)46-27(19)17-41(3)16-21-7-9-22(10-8-21)31(33,34)35/h4-14,19-20,27,43H,15-18H2,1-3H3,(H2,39,40,45)/t19-,20+,27+/m0/s1. The van der Waals surface area contributed by atoms with E-state index >= 15 is 0 Å². The summed E-state index contributed by atoms with van der Waals surface area (Å²) < 4.78 is 84.2. The number of nitrogens with zero attached hydrogens (tertiary/aromatic N) is 2. The molecule has 3 amide bonds. The van der Waals surface area contributed by atoms with Gasteiger partial charge in [0.25, 0.3) is 5.91 Å². The highest BCUT2D eigenvalue weighted by Gasteiger charge is 2.35. The Kier molecular flexibility index (Phi) is 10.5. The number of carbonyl (C=O) groups is 2. The number of likely N-dealkylation sites (N-methyl/N-ethyl adjacent to an activating group) is 1. The summed E-state index contributed by atoms with van der Waals surface area (Å²) >= 11 is 0. The molecule has 248 valence electrons. The van der Waals surface area contributed by atoms with Crippen molar-refractivity contribution in [1.82, 2.24) is 9.80 Å². The number of aliphatic hydroxyl groups excluding tert-OH is 1. The maximum absolute atomic E-state index is 13.7. The third kappa shape index (κ3) is 8.49. The van der Waals surface area contributed by atoms with E-state index in [1.807, 2.05) is 11.8 Å². The Hall–Kier alpha value is -4.30. The van der Waals surface area contributed by atoms with Gasteiger partial charge in [-0.3, -0.25) is 9.69 Å². The zero-order valence-electron chi connectivity index (χ0n) is 25.2. The first-order chi connectivity index (χ1) is 21.6. The van der Waals surface area contributed by atoms with Crippen molar-refractivity contribution < 1.29 is 45.8 Å². The molecule has 0 radical (unpaired) electrons. The number of alkyl halides is 6. The molecule has 1 aliphatic heterocycles. The Morgan fingerprint density at radius 1 is 0.978 bits per heavy atom. The molecule has 0 saturated heterocycles. The number of amides is 3. The van der Waals surface area contributed by atoms with E-state index in [0.717, 1.165) is 36.4 Å². The summed E-state index contributed by atoms with van der Waals surface area (Å²) in [5.41, 5.74) is -0.646.